The Morgan fingerprint density at radius 2 is 2.00 bits per heavy atom. The van der Waals surface area contributed by atoms with Crippen LogP contribution in [-0.4, -0.2) is 11.0 Å². The van der Waals surface area contributed by atoms with Crippen LogP contribution in [-0.2, 0) is 10.2 Å². The fraction of sp³-hybridized carbons (Fsp3) is 0.455. The molecule has 0 aliphatic heterocycles. The third-order valence-corrected chi connectivity index (χ3v) is 1.74. The van der Waals surface area contributed by atoms with Crippen molar-refractivity contribution in [3.63, 3.8) is 0 Å². The molecule has 3 nitrogen and oxygen atoms in total. The lowest BCUT2D eigenvalue weighted by atomic mass is 9.92. The van der Waals surface area contributed by atoms with Gasteiger partial charge in [-0.25, -0.2) is 4.98 Å². The Labute approximate surface area is 84.1 Å². The average molecular weight is 193 g/mol. The Balaban J connectivity index is 2.95. The van der Waals surface area contributed by atoms with Crippen LogP contribution in [0.3, 0.4) is 0 Å². The van der Waals surface area contributed by atoms with Gasteiger partial charge in [-0.2, -0.15) is 0 Å². The Kier molecular flexibility index (Phi) is 2.89. The van der Waals surface area contributed by atoms with Crippen molar-refractivity contribution in [2.75, 3.05) is 0 Å². The summed E-state index contributed by atoms with van der Waals surface area (Å²) in [6, 6.07) is 5.44. The molecule has 1 aromatic heterocycles. The van der Waals surface area contributed by atoms with E-state index in [1.807, 2.05) is 12.1 Å². The van der Waals surface area contributed by atoms with Gasteiger partial charge in [-0.3, -0.25) is 4.79 Å². The van der Waals surface area contributed by atoms with Crippen LogP contribution in [0.15, 0.2) is 18.2 Å². The Bertz CT molecular complexity index is 339. The molecule has 0 fully saturated rings. The second-order valence-electron chi connectivity index (χ2n) is 4.20. The van der Waals surface area contributed by atoms with Crippen LogP contribution < -0.4 is 4.74 Å². The van der Waals surface area contributed by atoms with E-state index < -0.39 is 0 Å². The third kappa shape index (κ3) is 2.83. The molecule has 0 amide bonds. The van der Waals surface area contributed by atoms with Gasteiger partial charge in [-0.05, 0) is 6.07 Å². The highest BCUT2D eigenvalue weighted by atomic mass is 16.5. The van der Waals surface area contributed by atoms with E-state index in [0.717, 1.165) is 5.69 Å². The molecular weight excluding hydrogens is 178 g/mol. The zero-order chi connectivity index (χ0) is 10.8. The maximum Gasteiger partial charge on any atom is 0.309 e. The molecule has 0 aliphatic rings. The fourth-order valence-corrected chi connectivity index (χ4v) is 1.04. The predicted molar refractivity (Wildman–Crippen MR) is 54.2 cm³/mol. The molecule has 0 aliphatic carbocycles. The lowest BCUT2D eigenvalue weighted by Gasteiger charge is -2.17. The fourth-order valence-electron chi connectivity index (χ4n) is 1.04. The number of hydrogen-bond donors (Lipinski definition) is 0. The lowest BCUT2D eigenvalue weighted by Crippen LogP contribution is -2.14. The zero-order valence-corrected chi connectivity index (χ0v) is 9.00. The van der Waals surface area contributed by atoms with E-state index in [4.69, 9.17) is 4.74 Å². The molecule has 14 heavy (non-hydrogen) atoms. The SMILES string of the molecule is CC(=O)Oc1cccc(C(C)(C)C)n1. The summed E-state index contributed by atoms with van der Waals surface area (Å²) in [6.07, 6.45) is 0. The van der Waals surface area contributed by atoms with Crippen LogP contribution in [0.4, 0.5) is 0 Å². The molecule has 0 spiro atoms. The highest BCUT2D eigenvalue weighted by Crippen LogP contribution is 2.21. The van der Waals surface area contributed by atoms with Gasteiger partial charge in [-0.1, -0.05) is 26.8 Å². The molecule has 0 aromatic carbocycles. The molecule has 0 bridgehead atoms. The molecule has 0 atom stereocenters. The molecule has 0 unspecified atom stereocenters. The van der Waals surface area contributed by atoms with Crippen molar-refractivity contribution in [2.45, 2.75) is 33.1 Å². The Hall–Kier alpha value is -1.38. The highest BCUT2D eigenvalue weighted by molar-refractivity contribution is 5.68. The van der Waals surface area contributed by atoms with Gasteiger partial charge in [0.1, 0.15) is 0 Å². The molecule has 1 aromatic rings. The monoisotopic (exact) mass is 193 g/mol. The van der Waals surface area contributed by atoms with Crippen LogP contribution in [0.5, 0.6) is 5.88 Å². The minimum Gasteiger partial charge on any atom is -0.408 e. The number of esters is 1. The van der Waals surface area contributed by atoms with E-state index in [1.54, 1.807) is 6.07 Å². The van der Waals surface area contributed by atoms with Crippen LogP contribution in [0, 0.1) is 0 Å². The van der Waals surface area contributed by atoms with E-state index in [-0.39, 0.29) is 11.4 Å². The number of carbonyl (C=O) groups excluding carboxylic acids is 1. The van der Waals surface area contributed by atoms with Gasteiger partial charge in [0.05, 0.1) is 0 Å². The van der Waals surface area contributed by atoms with Crippen molar-refractivity contribution < 1.29 is 9.53 Å². The second-order valence-corrected chi connectivity index (χ2v) is 4.20. The minimum absolute atomic E-state index is 0.0316. The molecule has 0 saturated heterocycles. The Morgan fingerprint density at radius 1 is 1.36 bits per heavy atom. The smallest absolute Gasteiger partial charge is 0.309 e. The average Bonchev–Trinajstić information content (AvgIpc) is 2.01. The maximum atomic E-state index is 10.7. The first kappa shape index (κ1) is 10.7. The largest absolute Gasteiger partial charge is 0.408 e. The number of aromatic nitrogens is 1. The number of rotatable bonds is 1. The molecule has 1 heterocycles. The van der Waals surface area contributed by atoms with Gasteiger partial charge in [0.15, 0.2) is 0 Å². The first-order valence-corrected chi connectivity index (χ1v) is 4.55. The van der Waals surface area contributed by atoms with E-state index in [0.29, 0.717) is 5.88 Å². The predicted octanol–water partition coefficient (Wildman–Crippen LogP) is 2.30. The highest BCUT2D eigenvalue weighted by Gasteiger charge is 2.15. The summed E-state index contributed by atoms with van der Waals surface area (Å²) >= 11 is 0. The normalized spacial score (nSPS) is 11.1. The van der Waals surface area contributed by atoms with Crippen molar-refractivity contribution in [2.24, 2.45) is 0 Å². The number of pyridine rings is 1. The van der Waals surface area contributed by atoms with E-state index in [9.17, 15) is 4.79 Å². The summed E-state index contributed by atoms with van der Waals surface area (Å²) < 4.78 is 4.90. The molecule has 1 rings (SSSR count). The summed E-state index contributed by atoms with van der Waals surface area (Å²) in [4.78, 5) is 15.0. The summed E-state index contributed by atoms with van der Waals surface area (Å²) in [5, 5.41) is 0. The number of hydrogen-bond acceptors (Lipinski definition) is 3. The minimum atomic E-state index is -0.344. The first-order chi connectivity index (χ1) is 6.39. The van der Waals surface area contributed by atoms with E-state index in [1.165, 1.54) is 6.92 Å². The second kappa shape index (κ2) is 3.78. The van der Waals surface area contributed by atoms with Gasteiger partial charge >= 0.3 is 5.97 Å². The third-order valence-electron chi connectivity index (χ3n) is 1.74. The van der Waals surface area contributed by atoms with Crippen LogP contribution in [0.2, 0.25) is 0 Å². The van der Waals surface area contributed by atoms with E-state index in [2.05, 4.69) is 25.8 Å². The number of carbonyl (C=O) groups is 1. The first-order valence-electron chi connectivity index (χ1n) is 4.55. The van der Waals surface area contributed by atoms with Crippen molar-refractivity contribution in [1.29, 1.82) is 0 Å². The lowest BCUT2D eigenvalue weighted by molar-refractivity contribution is -0.132. The number of ether oxygens (including phenoxy) is 1. The molecule has 76 valence electrons. The van der Waals surface area contributed by atoms with Gasteiger partial charge in [0, 0.05) is 24.1 Å². The summed E-state index contributed by atoms with van der Waals surface area (Å²) in [7, 11) is 0. The summed E-state index contributed by atoms with van der Waals surface area (Å²) in [5.41, 5.74) is 0.882. The van der Waals surface area contributed by atoms with Gasteiger partial charge < -0.3 is 4.74 Å². The molecule has 3 heteroatoms. The summed E-state index contributed by atoms with van der Waals surface area (Å²) in [6.45, 7) is 7.55. The van der Waals surface area contributed by atoms with Crippen molar-refractivity contribution in [3.8, 4) is 5.88 Å². The van der Waals surface area contributed by atoms with Crippen molar-refractivity contribution >= 4 is 5.97 Å². The maximum absolute atomic E-state index is 10.7. The molecule has 0 saturated carbocycles. The van der Waals surface area contributed by atoms with E-state index >= 15 is 0 Å². The Morgan fingerprint density at radius 3 is 2.50 bits per heavy atom. The van der Waals surface area contributed by atoms with Crippen LogP contribution in [0.1, 0.15) is 33.4 Å². The van der Waals surface area contributed by atoms with Crippen molar-refractivity contribution in [3.05, 3.63) is 23.9 Å². The topological polar surface area (TPSA) is 39.2 Å². The quantitative estimate of drug-likeness (QED) is 0.642. The molecule has 0 N–H and O–H groups in total. The molecule has 0 radical (unpaired) electrons. The number of nitrogens with zero attached hydrogens (tertiary/aromatic N) is 1. The molecular formula is C11H15NO2. The van der Waals surface area contributed by atoms with Gasteiger partial charge in [-0.15, -0.1) is 0 Å². The zero-order valence-electron chi connectivity index (χ0n) is 9.00. The van der Waals surface area contributed by atoms with Crippen LogP contribution in [0.25, 0.3) is 0 Å². The van der Waals surface area contributed by atoms with Crippen molar-refractivity contribution in [1.82, 2.24) is 4.98 Å². The standard InChI is InChI=1S/C11H15NO2/c1-8(13)14-10-7-5-6-9(12-10)11(2,3)4/h5-7H,1-4H3. The van der Waals surface area contributed by atoms with Crippen LogP contribution >= 0.6 is 0 Å². The van der Waals surface area contributed by atoms with Gasteiger partial charge in [0.25, 0.3) is 0 Å². The van der Waals surface area contributed by atoms with Gasteiger partial charge in [0.2, 0.25) is 5.88 Å². The summed E-state index contributed by atoms with van der Waals surface area (Å²) in [5.74, 6) is 0.0217.